The highest BCUT2D eigenvalue weighted by Gasteiger charge is 2.17. The quantitative estimate of drug-likeness (QED) is 0.466. The number of aryl methyl sites for hydroxylation is 1. The predicted octanol–water partition coefficient (Wildman–Crippen LogP) is 3.37. The van der Waals surface area contributed by atoms with Crippen LogP contribution in [-0.2, 0) is 6.54 Å². The van der Waals surface area contributed by atoms with Crippen molar-refractivity contribution < 1.29 is 9.26 Å². The van der Waals surface area contributed by atoms with Gasteiger partial charge in [0.25, 0.3) is 5.56 Å². The standard InChI is InChI=1S/C20H16ClN5O3/c1-12-16(20(25-29-12)14-3-4-17(21)23-9-14)11-26-19(27)8-15(10-24-26)13-5-6-22-18(7-13)28-2/h3-10H,11H2,1-2H3. The lowest BCUT2D eigenvalue weighted by Crippen LogP contribution is -2.23. The number of rotatable bonds is 5. The van der Waals surface area contributed by atoms with Gasteiger partial charge in [-0.2, -0.15) is 5.10 Å². The maximum absolute atomic E-state index is 12.7. The zero-order valence-electron chi connectivity index (χ0n) is 15.7. The van der Waals surface area contributed by atoms with Crippen LogP contribution in [0.15, 0.2) is 58.2 Å². The molecule has 0 N–H and O–H groups in total. The fraction of sp³-hybridized carbons (Fsp3) is 0.150. The van der Waals surface area contributed by atoms with Gasteiger partial charge in [0, 0.05) is 41.2 Å². The molecule has 0 spiro atoms. The molecule has 0 radical (unpaired) electrons. The zero-order chi connectivity index (χ0) is 20.4. The molecule has 0 aromatic carbocycles. The van der Waals surface area contributed by atoms with Crippen molar-refractivity contribution in [2.24, 2.45) is 0 Å². The molecule has 0 atom stereocenters. The van der Waals surface area contributed by atoms with Crippen molar-refractivity contribution in [2.75, 3.05) is 7.11 Å². The number of hydrogen-bond acceptors (Lipinski definition) is 7. The van der Waals surface area contributed by atoms with Crippen molar-refractivity contribution in [3.05, 3.63) is 75.8 Å². The third kappa shape index (κ3) is 3.88. The van der Waals surface area contributed by atoms with Crippen LogP contribution in [0.2, 0.25) is 5.15 Å². The lowest BCUT2D eigenvalue weighted by Gasteiger charge is -2.08. The molecule has 0 saturated carbocycles. The highest BCUT2D eigenvalue weighted by atomic mass is 35.5. The molecule has 0 aliphatic carbocycles. The number of nitrogens with zero attached hydrogens (tertiary/aromatic N) is 5. The number of hydrogen-bond donors (Lipinski definition) is 0. The Bertz CT molecular complexity index is 1220. The van der Waals surface area contributed by atoms with Gasteiger partial charge in [-0.3, -0.25) is 4.79 Å². The normalized spacial score (nSPS) is 10.9. The van der Waals surface area contributed by atoms with Crippen LogP contribution in [0.3, 0.4) is 0 Å². The number of ether oxygens (including phenoxy) is 1. The molecular weight excluding hydrogens is 394 g/mol. The molecule has 8 nitrogen and oxygen atoms in total. The largest absolute Gasteiger partial charge is 0.481 e. The number of halogens is 1. The molecule has 146 valence electrons. The average molecular weight is 410 g/mol. The third-order valence-corrected chi connectivity index (χ3v) is 4.66. The van der Waals surface area contributed by atoms with Crippen LogP contribution in [0, 0.1) is 6.92 Å². The van der Waals surface area contributed by atoms with Crippen LogP contribution in [0.5, 0.6) is 5.88 Å². The summed E-state index contributed by atoms with van der Waals surface area (Å²) < 4.78 is 11.8. The van der Waals surface area contributed by atoms with Crippen LogP contribution in [0.4, 0.5) is 0 Å². The fourth-order valence-electron chi connectivity index (χ4n) is 2.88. The van der Waals surface area contributed by atoms with E-state index >= 15 is 0 Å². The summed E-state index contributed by atoms with van der Waals surface area (Å²) in [5.41, 5.74) is 3.32. The summed E-state index contributed by atoms with van der Waals surface area (Å²) in [6, 6.07) is 8.53. The van der Waals surface area contributed by atoms with Crippen LogP contribution >= 0.6 is 11.6 Å². The first-order chi connectivity index (χ1) is 14.0. The molecule has 0 bridgehead atoms. The third-order valence-electron chi connectivity index (χ3n) is 4.44. The Balaban J connectivity index is 1.66. The highest BCUT2D eigenvalue weighted by molar-refractivity contribution is 6.29. The van der Waals surface area contributed by atoms with E-state index in [9.17, 15) is 4.79 Å². The van der Waals surface area contributed by atoms with Crippen molar-refractivity contribution in [3.63, 3.8) is 0 Å². The summed E-state index contributed by atoms with van der Waals surface area (Å²) in [5.74, 6) is 1.07. The maximum atomic E-state index is 12.7. The van der Waals surface area contributed by atoms with E-state index in [2.05, 4.69) is 20.2 Å². The Kier molecular flexibility index (Phi) is 5.09. The van der Waals surface area contributed by atoms with Gasteiger partial charge >= 0.3 is 0 Å². The van der Waals surface area contributed by atoms with E-state index in [4.69, 9.17) is 20.9 Å². The summed E-state index contributed by atoms with van der Waals surface area (Å²) in [6.07, 6.45) is 4.86. The Morgan fingerprint density at radius 3 is 2.69 bits per heavy atom. The molecule has 0 aliphatic heterocycles. The minimum absolute atomic E-state index is 0.214. The second-order valence-corrected chi connectivity index (χ2v) is 6.65. The van der Waals surface area contributed by atoms with Crippen molar-refractivity contribution in [2.45, 2.75) is 13.5 Å². The number of methoxy groups -OCH3 is 1. The summed E-state index contributed by atoms with van der Waals surface area (Å²) in [7, 11) is 1.54. The van der Waals surface area contributed by atoms with Gasteiger partial charge in [-0.15, -0.1) is 0 Å². The minimum atomic E-state index is -0.251. The van der Waals surface area contributed by atoms with Crippen molar-refractivity contribution in [3.8, 4) is 28.3 Å². The molecular formula is C20H16ClN5O3. The minimum Gasteiger partial charge on any atom is -0.481 e. The second kappa shape index (κ2) is 7.84. The summed E-state index contributed by atoms with van der Waals surface area (Å²) >= 11 is 5.86. The molecule has 0 fully saturated rings. The Labute approximate surface area is 170 Å². The topological polar surface area (TPSA) is 95.9 Å². The van der Waals surface area contributed by atoms with Gasteiger partial charge in [-0.1, -0.05) is 16.8 Å². The first kappa shape index (κ1) is 18.8. The van der Waals surface area contributed by atoms with E-state index in [0.717, 1.165) is 16.7 Å². The van der Waals surface area contributed by atoms with E-state index in [0.29, 0.717) is 28.1 Å². The van der Waals surface area contributed by atoms with Gasteiger partial charge in [-0.25, -0.2) is 14.6 Å². The van der Waals surface area contributed by atoms with E-state index in [-0.39, 0.29) is 12.1 Å². The molecule has 0 aliphatic rings. The maximum Gasteiger partial charge on any atom is 0.267 e. The molecule has 4 aromatic rings. The van der Waals surface area contributed by atoms with Crippen LogP contribution in [0.1, 0.15) is 11.3 Å². The molecule has 9 heteroatoms. The van der Waals surface area contributed by atoms with E-state index in [1.807, 2.05) is 0 Å². The first-order valence-electron chi connectivity index (χ1n) is 8.70. The van der Waals surface area contributed by atoms with Gasteiger partial charge < -0.3 is 9.26 Å². The Hall–Kier alpha value is -3.52. The monoisotopic (exact) mass is 409 g/mol. The van der Waals surface area contributed by atoms with Gasteiger partial charge in [-0.05, 0) is 30.7 Å². The molecule has 4 aromatic heterocycles. The second-order valence-electron chi connectivity index (χ2n) is 6.26. The smallest absolute Gasteiger partial charge is 0.267 e. The van der Waals surface area contributed by atoms with E-state index in [1.165, 1.54) is 17.9 Å². The summed E-state index contributed by atoms with van der Waals surface area (Å²) in [6.45, 7) is 2.00. The zero-order valence-corrected chi connectivity index (χ0v) is 16.4. The van der Waals surface area contributed by atoms with Crippen molar-refractivity contribution in [1.29, 1.82) is 0 Å². The Morgan fingerprint density at radius 1 is 1.10 bits per heavy atom. The summed E-state index contributed by atoms with van der Waals surface area (Å²) in [4.78, 5) is 20.8. The molecule has 0 unspecified atom stereocenters. The molecule has 4 rings (SSSR count). The van der Waals surface area contributed by atoms with Crippen LogP contribution < -0.4 is 10.3 Å². The molecule has 0 amide bonds. The van der Waals surface area contributed by atoms with Crippen LogP contribution in [-0.4, -0.2) is 32.0 Å². The van der Waals surface area contributed by atoms with E-state index in [1.54, 1.807) is 49.8 Å². The average Bonchev–Trinajstić information content (AvgIpc) is 3.10. The van der Waals surface area contributed by atoms with Gasteiger partial charge in [0.1, 0.15) is 16.6 Å². The van der Waals surface area contributed by atoms with Gasteiger partial charge in [0.05, 0.1) is 19.9 Å². The Morgan fingerprint density at radius 2 is 1.97 bits per heavy atom. The lowest BCUT2D eigenvalue weighted by molar-refractivity contribution is 0.397. The number of pyridine rings is 2. The molecule has 0 saturated heterocycles. The SMILES string of the molecule is COc1cc(-c2cnn(Cc3c(-c4ccc(Cl)nc4)noc3C)c(=O)c2)ccn1. The fourth-order valence-corrected chi connectivity index (χ4v) is 2.99. The first-order valence-corrected chi connectivity index (χ1v) is 9.07. The summed E-state index contributed by atoms with van der Waals surface area (Å²) in [5, 5.41) is 8.80. The lowest BCUT2D eigenvalue weighted by atomic mass is 10.1. The van der Waals surface area contributed by atoms with Crippen molar-refractivity contribution in [1.82, 2.24) is 24.9 Å². The molecule has 29 heavy (non-hydrogen) atoms. The predicted molar refractivity (Wildman–Crippen MR) is 107 cm³/mol. The molecule has 4 heterocycles. The van der Waals surface area contributed by atoms with E-state index < -0.39 is 0 Å². The van der Waals surface area contributed by atoms with Gasteiger partial charge in [0.2, 0.25) is 5.88 Å². The van der Waals surface area contributed by atoms with Crippen molar-refractivity contribution >= 4 is 11.6 Å². The number of aromatic nitrogens is 5. The highest BCUT2D eigenvalue weighted by Crippen LogP contribution is 2.26. The van der Waals surface area contributed by atoms with Crippen LogP contribution in [0.25, 0.3) is 22.4 Å². The van der Waals surface area contributed by atoms with Gasteiger partial charge in [0.15, 0.2) is 0 Å².